The van der Waals surface area contributed by atoms with Crippen molar-refractivity contribution in [1.82, 2.24) is 9.89 Å². The molecule has 0 saturated carbocycles. The number of carbonyl (C=O) groups excluding carboxylic acids is 1. The molecule has 0 aliphatic carbocycles. The maximum Gasteiger partial charge on any atom is 0.338 e. The Bertz CT molecular complexity index is 1030. The molecule has 3 aromatic rings. The summed E-state index contributed by atoms with van der Waals surface area (Å²) >= 11 is 0. The lowest BCUT2D eigenvalue weighted by Crippen LogP contribution is -2.33. The first-order chi connectivity index (χ1) is 14.2. The van der Waals surface area contributed by atoms with E-state index in [0.29, 0.717) is 12.2 Å². The van der Waals surface area contributed by atoms with E-state index in [-0.39, 0.29) is 5.97 Å². The van der Waals surface area contributed by atoms with Crippen molar-refractivity contribution in [2.24, 2.45) is 0 Å². The zero-order valence-corrected chi connectivity index (χ0v) is 16.8. The summed E-state index contributed by atoms with van der Waals surface area (Å²) in [7, 11) is 1.66. The minimum Gasteiger partial charge on any atom is -0.497 e. The number of nitrogens with zero attached hydrogens (tertiary/aromatic N) is 3. The Morgan fingerprint density at radius 2 is 1.86 bits per heavy atom. The summed E-state index contributed by atoms with van der Waals surface area (Å²) in [5.74, 6) is 0.516. The second-order valence-corrected chi connectivity index (χ2v) is 6.99. The van der Waals surface area contributed by atoms with Crippen LogP contribution in [0.5, 0.6) is 5.75 Å². The number of benzene rings is 2. The number of methoxy groups -OCH3 is 1. The standard InChI is InChI=1S/C23H25N3O3/c1-3-29-23(27)18-9-12-21-20(16-18)22(26(24-21)25-14-4-5-15-25)13-8-17-6-10-19(28-2)11-7-17/h6-13,16H,3-5,14-15H2,1-2H3/b13-8+. The Morgan fingerprint density at radius 3 is 2.55 bits per heavy atom. The van der Waals surface area contributed by atoms with Crippen molar-refractivity contribution in [2.75, 3.05) is 31.8 Å². The first kappa shape index (κ1) is 19.1. The summed E-state index contributed by atoms with van der Waals surface area (Å²) in [4.78, 5) is 14.2. The molecule has 1 fully saturated rings. The van der Waals surface area contributed by atoms with Crippen LogP contribution in [0.2, 0.25) is 0 Å². The number of carbonyl (C=O) groups is 1. The first-order valence-corrected chi connectivity index (χ1v) is 9.97. The Hall–Kier alpha value is -3.28. The SMILES string of the molecule is CCOC(=O)c1ccc2nn(N3CCCC3)c(/C=C/c3ccc(OC)cc3)c2c1. The highest BCUT2D eigenvalue weighted by atomic mass is 16.5. The van der Waals surface area contributed by atoms with E-state index in [1.807, 2.05) is 48.1 Å². The molecule has 1 aliphatic heterocycles. The van der Waals surface area contributed by atoms with Crippen LogP contribution in [0, 0.1) is 0 Å². The minimum absolute atomic E-state index is 0.312. The van der Waals surface area contributed by atoms with Gasteiger partial charge in [-0.2, -0.15) is 9.89 Å². The summed E-state index contributed by atoms with van der Waals surface area (Å²) < 4.78 is 10.4. The van der Waals surface area contributed by atoms with Crippen LogP contribution in [0.4, 0.5) is 0 Å². The summed E-state index contributed by atoms with van der Waals surface area (Å²) in [5, 5.41) is 7.98. The Kier molecular flexibility index (Phi) is 5.51. The molecule has 29 heavy (non-hydrogen) atoms. The van der Waals surface area contributed by atoms with Crippen LogP contribution >= 0.6 is 0 Å². The molecule has 0 bridgehead atoms. The van der Waals surface area contributed by atoms with Gasteiger partial charge < -0.3 is 9.47 Å². The van der Waals surface area contributed by atoms with Crippen LogP contribution < -0.4 is 9.75 Å². The van der Waals surface area contributed by atoms with Crippen LogP contribution in [0.3, 0.4) is 0 Å². The number of hydrogen-bond donors (Lipinski definition) is 0. The molecule has 1 aromatic heterocycles. The summed E-state index contributed by atoms with van der Waals surface area (Å²) in [5.41, 5.74) is 3.43. The van der Waals surface area contributed by atoms with Gasteiger partial charge in [-0.3, -0.25) is 5.01 Å². The Balaban J connectivity index is 1.76. The summed E-state index contributed by atoms with van der Waals surface area (Å²) in [6.45, 7) is 4.11. The molecule has 1 aliphatic rings. The third-order valence-corrected chi connectivity index (χ3v) is 5.10. The average Bonchev–Trinajstić information content (AvgIpc) is 3.40. The maximum absolute atomic E-state index is 12.2. The number of ether oxygens (including phenoxy) is 2. The molecular formula is C23H25N3O3. The van der Waals surface area contributed by atoms with E-state index in [4.69, 9.17) is 14.6 Å². The summed E-state index contributed by atoms with van der Waals surface area (Å²) in [6, 6.07) is 13.4. The van der Waals surface area contributed by atoms with Gasteiger partial charge in [-0.1, -0.05) is 18.2 Å². The monoisotopic (exact) mass is 391 g/mol. The van der Waals surface area contributed by atoms with E-state index in [9.17, 15) is 4.79 Å². The number of aromatic nitrogens is 2. The molecule has 4 rings (SSSR count). The second kappa shape index (κ2) is 8.39. The van der Waals surface area contributed by atoms with Gasteiger partial charge in [0.2, 0.25) is 0 Å². The lowest BCUT2D eigenvalue weighted by Gasteiger charge is -2.19. The van der Waals surface area contributed by atoms with Crippen LogP contribution in [-0.2, 0) is 4.74 Å². The molecule has 6 heteroatoms. The highest BCUT2D eigenvalue weighted by molar-refractivity contribution is 5.97. The van der Waals surface area contributed by atoms with E-state index < -0.39 is 0 Å². The molecule has 0 amide bonds. The van der Waals surface area contributed by atoms with E-state index in [0.717, 1.165) is 53.8 Å². The van der Waals surface area contributed by atoms with Gasteiger partial charge in [0.1, 0.15) is 5.75 Å². The normalized spacial score (nSPS) is 14.1. The lowest BCUT2D eigenvalue weighted by atomic mass is 10.1. The molecular weight excluding hydrogens is 366 g/mol. The predicted octanol–water partition coefficient (Wildman–Crippen LogP) is 4.12. The van der Waals surface area contributed by atoms with E-state index in [1.54, 1.807) is 13.2 Å². The maximum atomic E-state index is 12.2. The lowest BCUT2D eigenvalue weighted by molar-refractivity contribution is 0.0526. The smallest absolute Gasteiger partial charge is 0.338 e. The van der Waals surface area contributed by atoms with Gasteiger partial charge in [0.25, 0.3) is 0 Å². The minimum atomic E-state index is -0.312. The number of hydrogen-bond acceptors (Lipinski definition) is 5. The molecule has 0 N–H and O–H groups in total. The Labute approximate surface area is 170 Å². The van der Waals surface area contributed by atoms with Gasteiger partial charge in [0.15, 0.2) is 0 Å². The van der Waals surface area contributed by atoms with E-state index in [2.05, 4.69) is 17.2 Å². The molecule has 6 nitrogen and oxygen atoms in total. The van der Waals surface area contributed by atoms with Crippen molar-refractivity contribution in [2.45, 2.75) is 19.8 Å². The molecule has 2 aromatic carbocycles. The highest BCUT2D eigenvalue weighted by Gasteiger charge is 2.19. The average molecular weight is 391 g/mol. The largest absolute Gasteiger partial charge is 0.497 e. The van der Waals surface area contributed by atoms with Gasteiger partial charge in [-0.15, -0.1) is 0 Å². The van der Waals surface area contributed by atoms with Gasteiger partial charge in [0, 0.05) is 18.5 Å². The third kappa shape index (κ3) is 3.97. The van der Waals surface area contributed by atoms with Crippen molar-refractivity contribution in [3.8, 4) is 5.75 Å². The second-order valence-electron chi connectivity index (χ2n) is 6.99. The van der Waals surface area contributed by atoms with Crippen LogP contribution in [0.15, 0.2) is 42.5 Å². The fraction of sp³-hybridized carbons (Fsp3) is 0.304. The van der Waals surface area contributed by atoms with Crippen LogP contribution in [0.1, 0.15) is 41.4 Å². The molecule has 150 valence electrons. The first-order valence-electron chi connectivity index (χ1n) is 9.97. The van der Waals surface area contributed by atoms with Gasteiger partial charge in [0.05, 0.1) is 30.5 Å². The number of rotatable bonds is 6. The molecule has 1 saturated heterocycles. The van der Waals surface area contributed by atoms with Crippen molar-refractivity contribution in [3.63, 3.8) is 0 Å². The fourth-order valence-corrected chi connectivity index (χ4v) is 3.59. The topological polar surface area (TPSA) is 56.6 Å². The molecule has 0 atom stereocenters. The molecule has 0 spiro atoms. The van der Waals surface area contributed by atoms with Crippen molar-refractivity contribution >= 4 is 29.0 Å². The summed E-state index contributed by atoms with van der Waals surface area (Å²) in [6.07, 6.45) is 6.43. The Morgan fingerprint density at radius 1 is 1.10 bits per heavy atom. The van der Waals surface area contributed by atoms with Gasteiger partial charge >= 0.3 is 5.97 Å². The van der Waals surface area contributed by atoms with Crippen molar-refractivity contribution in [1.29, 1.82) is 0 Å². The predicted molar refractivity (Wildman–Crippen MR) is 115 cm³/mol. The van der Waals surface area contributed by atoms with Crippen LogP contribution in [-0.4, -0.2) is 42.7 Å². The zero-order valence-electron chi connectivity index (χ0n) is 16.8. The highest BCUT2D eigenvalue weighted by Crippen LogP contribution is 2.25. The van der Waals surface area contributed by atoms with E-state index >= 15 is 0 Å². The molecule has 0 radical (unpaired) electrons. The van der Waals surface area contributed by atoms with Crippen LogP contribution in [0.25, 0.3) is 23.1 Å². The van der Waals surface area contributed by atoms with Gasteiger partial charge in [-0.05, 0) is 61.7 Å². The van der Waals surface area contributed by atoms with Crippen molar-refractivity contribution in [3.05, 3.63) is 59.3 Å². The molecule has 2 heterocycles. The van der Waals surface area contributed by atoms with E-state index in [1.165, 1.54) is 0 Å². The number of esters is 1. The third-order valence-electron chi connectivity index (χ3n) is 5.10. The van der Waals surface area contributed by atoms with Crippen molar-refractivity contribution < 1.29 is 14.3 Å². The van der Waals surface area contributed by atoms with Gasteiger partial charge in [-0.25, -0.2) is 4.79 Å². The fourth-order valence-electron chi connectivity index (χ4n) is 3.59. The quantitative estimate of drug-likeness (QED) is 0.592. The molecule has 0 unspecified atom stereocenters. The number of fused-ring (bicyclic) bond motifs is 1. The zero-order chi connectivity index (χ0) is 20.2.